The van der Waals surface area contributed by atoms with Crippen molar-refractivity contribution in [2.75, 3.05) is 13.1 Å². The Bertz CT molecular complexity index is 651. The van der Waals surface area contributed by atoms with Gasteiger partial charge in [-0.15, -0.1) is 0 Å². The molecule has 0 bridgehead atoms. The van der Waals surface area contributed by atoms with Gasteiger partial charge in [0.15, 0.2) is 0 Å². The van der Waals surface area contributed by atoms with E-state index in [2.05, 4.69) is 10.3 Å². The third-order valence-electron chi connectivity index (χ3n) is 3.01. The molecule has 0 fully saturated rings. The van der Waals surface area contributed by atoms with E-state index in [-0.39, 0.29) is 17.9 Å². The highest BCUT2D eigenvalue weighted by Gasteiger charge is 2.05. The molecule has 0 saturated heterocycles. The second-order valence-electron chi connectivity index (χ2n) is 4.50. The summed E-state index contributed by atoms with van der Waals surface area (Å²) in [5.74, 6) is -0.0847. The highest BCUT2D eigenvalue weighted by Crippen LogP contribution is 2.04. The van der Waals surface area contributed by atoms with Crippen molar-refractivity contribution >= 4 is 16.8 Å². The summed E-state index contributed by atoms with van der Waals surface area (Å²) < 4.78 is 1.46. The number of nitrogens with one attached hydrogen (secondary N) is 1. The van der Waals surface area contributed by atoms with E-state index in [4.69, 9.17) is 5.73 Å². The number of nitrogens with zero attached hydrogens (tertiary/aromatic N) is 2. The lowest BCUT2D eigenvalue weighted by atomic mass is 10.2. The molecule has 1 heterocycles. The summed E-state index contributed by atoms with van der Waals surface area (Å²) in [7, 11) is 0. The molecule has 0 radical (unpaired) electrons. The van der Waals surface area contributed by atoms with Crippen molar-refractivity contribution in [2.24, 2.45) is 5.73 Å². The van der Waals surface area contributed by atoms with Crippen molar-refractivity contribution in [1.82, 2.24) is 14.9 Å². The third kappa shape index (κ3) is 3.42. The van der Waals surface area contributed by atoms with Crippen LogP contribution in [0.4, 0.5) is 0 Å². The molecule has 0 spiro atoms. The molecule has 1 amide bonds. The van der Waals surface area contributed by atoms with Gasteiger partial charge in [-0.2, -0.15) is 0 Å². The molecule has 1 aromatic carbocycles. The van der Waals surface area contributed by atoms with Crippen LogP contribution < -0.4 is 16.6 Å². The topological polar surface area (TPSA) is 90.0 Å². The largest absolute Gasteiger partial charge is 0.356 e. The van der Waals surface area contributed by atoms with E-state index >= 15 is 0 Å². The van der Waals surface area contributed by atoms with Crippen LogP contribution in [0, 0.1) is 0 Å². The minimum absolute atomic E-state index is 0.0847. The van der Waals surface area contributed by atoms with E-state index in [0.29, 0.717) is 30.5 Å². The second kappa shape index (κ2) is 6.81. The molecule has 6 nitrogen and oxygen atoms in total. The molecular weight excluding hydrogens is 256 g/mol. The van der Waals surface area contributed by atoms with Crippen LogP contribution in [0.3, 0.4) is 0 Å². The number of benzene rings is 1. The van der Waals surface area contributed by atoms with Crippen LogP contribution in [-0.2, 0) is 11.3 Å². The first kappa shape index (κ1) is 14.2. The standard InChI is InChI=1S/C14H18N4O2/c15-7-3-8-16-13(19)6-9-18-10-17-12-5-2-1-4-11(12)14(18)20/h1-2,4-5,10H,3,6-9,15H2,(H,16,19). The molecule has 1 aromatic heterocycles. The zero-order valence-electron chi connectivity index (χ0n) is 11.2. The number of amides is 1. The van der Waals surface area contributed by atoms with Crippen LogP contribution >= 0.6 is 0 Å². The molecule has 106 valence electrons. The van der Waals surface area contributed by atoms with E-state index in [1.165, 1.54) is 10.9 Å². The highest BCUT2D eigenvalue weighted by molar-refractivity contribution is 5.77. The number of aromatic nitrogens is 2. The Balaban J connectivity index is 2.02. The average Bonchev–Trinajstić information content (AvgIpc) is 2.47. The van der Waals surface area contributed by atoms with Crippen molar-refractivity contribution < 1.29 is 4.79 Å². The quantitative estimate of drug-likeness (QED) is 0.739. The van der Waals surface area contributed by atoms with Gasteiger partial charge in [-0.05, 0) is 25.1 Å². The molecule has 20 heavy (non-hydrogen) atoms. The lowest BCUT2D eigenvalue weighted by molar-refractivity contribution is -0.121. The zero-order chi connectivity index (χ0) is 14.4. The number of nitrogens with two attached hydrogens (primary N) is 1. The first-order valence-corrected chi connectivity index (χ1v) is 6.63. The van der Waals surface area contributed by atoms with E-state index in [0.717, 1.165) is 6.42 Å². The summed E-state index contributed by atoms with van der Waals surface area (Å²) in [4.78, 5) is 28.0. The van der Waals surface area contributed by atoms with Crippen molar-refractivity contribution in [2.45, 2.75) is 19.4 Å². The Morgan fingerprint density at radius 2 is 2.15 bits per heavy atom. The third-order valence-corrected chi connectivity index (χ3v) is 3.01. The maximum atomic E-state index is 12.2. The summed E-state index contributed by atoms with van der Waals surface area (Å²) >= 11 is 0. The van der Waals surface area contributed by atoms with Gasteiger partial charge < -0.3 is 11.1 Å². The van der Waals surface area contributed by atoms with Crippen LogP contribution in [0.1, 0.15) is 12.8 Å². The fraction of sp³-hybridized carbons (Fsp3) is 0.357. The number of carbonyl (C=O) groups is 1. The molecule has 0 aliphatic heterocycles. The van der Waals surface area contributed by atoms with Gasteiger partial charge in [-0.1, -0.05) is 12.1 Å². The first-order chi connectivity index (χ1) is 9.72. The van der Waals surface area contributed by atoms with Crippen LogP contribution in [0.5, 0.6) is 0 Å². The number of carbonyl (C=O) groups excluding carboxylic acids is 1. The van der Waals surface area contributed by atoms with Gasteiger partial charge in [0, 0.05) is 19.5 Å². The van der Waals surface area contributed by atoms with E-state index in [1.807, 2.05) is 6.07 Å². The Morgan fingerprint density at radius 3 is 2.95 bits per heavy atom. The minimum atomic E-state index is -0.120. The molecule has 0 unspecified atom stereocenters. The Kier molecular flexibility index (Phi) is 4.84. The van der Waals surface area contributed by atoms with Gasteiger partial charge in [0.25, 0.3) is 5.56 Å². The predicted molar refractivity (Wildman–Crippen MR) is 77.3 cm³/mol. The van der Waals surface area contributed by atoms with Crippen LogP contribution in [0.15, 0.2) is 35.4 Å². The SMILES string of the molecule is NCCCNC(=O)CCn1cnc2ccccc2c1=O. The number of rotatable bonds is 6. The zero-order valence-corrected chi connectivity index (χ0v) is 11.2. The van der Waals surface area contributed by atoms with Crippen LogP contribution in [-0.4, -0.2) is 28.5 Å². The van der Waals surface area contributed by atoms with Crippen molar-refractivity contribution in [3.8, 4) is 0 Å². The van der Waals surface area contributed by atoms with Gasteiger partial charge >= 0.3 is 0 Å². The molecule has 2 rings (SSSR count). The summed E-state index contributed by atoms with van der Waals surface area (Å²) in [6.07, 6.45) is 2.49. The van der Waals surface area contributed by atoms with Crippen LogP contribution in [0.25, 0.3) is 10.9 Å². The normalized spacial score (nSPS) is 10.7. The summed E-state index contributed by atoms with van der Waals surface area (Å²) in [6.45, 7) is 1.44. The van der Waals surface area contributed by atoms with E-state index < -0.39 is 0 Å². The highest BCUT2D eigenvalue weighted by atomic mass is 16.1. The fourth-order valence-electron chi connectivity index (χ4n) is 1.91. The monoisotopic (exact) mass is 274 g/mol. The summed E-state index contributed by atoms with van der Waals surface area (Å²) in [5.41, 5.74) is 5.90. The molecule has 6 heteroatoms. The number of fused-ring (bicyclic) bond motifs is 1. The minimum Gasteiger partial charge on any atom is -0.356 e. The molecule has 0 atom stereocenters. The lowest BCUT2D eigenvalue weighted by Gasteiger charge is -2.07. The maximum Gasteiger partial charge on any atom is 0.261 e. The summed E-state index contributed by atoms with van der Waals surface area (Å²) in [5, 5.41) is 3.32. The van der Waals surface area contributed by atoms with Gasteiger partial charge in [0.2, 0.25) is 5.91 Å². The van der Waals surface area contributed by atoms with Gasteiger partial charge in [0.05, 0.1) is 17.2 Å². The van der Waals surface area contributed by atoms with Crippen molar-refractivity contribution in [1.29, 1.82) is 0 Å². The smallest absolute Gasteiger partial charge is 0.261 e. The second-order valence-corrected chi connectivity index (χ2v) is 4.50. The molecule has 2 aromatic rings. The van der Waals surface area contributed by atoms with E-state index in [1.54, 1.807) is 18.2 Å². The molecule has 0 saturated carbocycles. The number of hydrogen-bond acceptors (Lipinski definition) is 4. The van der Waals surface area contributed by atoms with Gasteiger partial charge in [0.1, 0.15) is 0 Å². The number of aryl methyl sites for hydroxylation is 1. The molecule has 3 N–H and O–H groups in total. The maximum absolute atomic E-state index is 12.2. The first-order valence-electron chi connectivity index (χ1n) is 6.63. The van der Waals surface area contributed by atoms with Crippen LogP contribution in [0.2, 0.25) is 0 Å². The average molecular weight is 274 g/mol. The molecule has 0 aliphatic rings. The fourth-order valence-corrected chi connectivity index (χ4v) is 1.91. The van der Waals surface area contributed by atoms with Gasteiger partial charge in [-0.3, -0.25) is 14.2 Å². The Morgan fingerprint density at radius 1 is 1.35 bits per heavy atom. The predicted octanol–water partition coefficient (Wildman–Crippen LogP) is 0.252. The van der Waals surface area contributed by atoms with Gasteiger partial charge in [-0.25, -0.2) is 4.98 Å². The number of para-hydroxylation sites is 1. The number of hydrogen-bond donors (Lipinski definition) is 2. The van der Waals surface area contributed by atoms with Crippen molar-refractivity contribution in [3.05, 3.63) is 40.9 Å². The Hall–Kier alpha value is -2.21. The molecule has 0 aliphatic carbocycles. The summed E-state index contributed by atoms with van der Waals surface area (Å²) in [6, 6.07) is 7.17. The lowest BCUT2D eigenvalue weighted by Crippen LogP contribution is -2.29. The Labute approximate surface area is 116 Å². The van der Waals surface area contributed by atoms with E-state index in [9.17, 15) is 9.59 Å². The molecular formula is C14H18N4O2. The van der Waals surface area contributed by atoms with Crippen molar-refractivity contribution in [3.63, 3.8) is 0 Å².